The first kappa shape index (κ1) is 25.3. The summed E-state index contributed by atoms with van der Waals surface area (Å²) in [4.78, 5) is 4.58. The third-order valence-electron chi connectivity index (χ3n) is 10.0. The molecule has 8 aromatic rings. The van der Waals surface area contributed by atoms with Crippen LogP contribution in [-0.4, -0.2) is 4.98 Å². The average molecular weight is 586 g/mol. The minimum atomic E-state index is -0.413. The Labute approximate surface area is 267 Å². The van der Waals surface area contributed by atoms with Gasteiger partial charge in [-0.15, -0.1) is 0 Å². The highest BCUT2D eigenvalue weighted by Crippen LogP contribution is 2.64. The minimum absolute atomic E-state index is 0.413. The van der Waals surface area contributed by atoms with Crippen molar-refractivity contribution in [3.8, 4) is 44.9 Å². The standard InChI is InChI=1S/C44H27NO/c1-2-13-28(14-3-1)41-31-17-4-5-18-32(31)43(33-25-26-45-27-35(33)41)46-40-24-12-23-39-42(40)34-19-8-11-22-38(34)44(39)36-20-9-6-15-29(36)30-16-7-10-21-37(30)44/h1-27H. The third-order valence-corrected chi connectivity index (χ3v) is 10.0. The van der Waals surface area contributed by atoms with Gasteiger partial charge in [0.25, 0.3) is 0 Å². The Morgan fingerprint density at radius 3 is 1.72 bits per heavy atom. The number of rotatable bonds is 3. The van der Waals surface area contributed by atoms with Crippen molar-refractivity contribution in [3.63, 3.8) is 0 Å². The predicted octanol–water partition coefficient (Wildman–Crippen LogP) is 11.2. The van der Waals surface area contributed by atoms with Gasteiger partial charge in [-0.3, -0.25) is 4.98 Å². The van der Waals surface area contributed by atoms with E-state index >= 15 is 0 Å². The molecule has 0 saturated heterocycles. The van der Waals surface area contributed by atoms with Crippen molar-refractivity contribution < 1.29 is 4.74 Å². The second kappa shape index (κ2) is 9.50. The molecule has 0 amide bonds. The highest BCUT2D eigenvalue weighted by atomic mass is 16.5. The van der Waals surface area contributed by atoms with Crippen molar-refractivity contribution in [2.24, 2.45) is 0 Å². The number of hydrogen-bond acceptors (Lipinski definition) is 2. The van der Waals surface area contributed by atoms with Crippen molar-refractivity contribution in [2.75, 3.05) is 0 Å². The summed E-state index contributed by atoms with van der Waals surface area (Å²) in [5.41, 5.74) is 12.1. The molecule has 2 aliphatic rings. The minimum Gasteiger partial charge on any atom is -0.455 e. The molecular formula is C44H27NO. The Kier molecular flexibility index (Phi) is 5.24. The van der Waals surface area contributed by atoms with E-state index < -0.39 is 5.41 Å². The fourth-order valence-electron chi connectivity index (χ4n) is 8.31. The third kappa shape index (κ3) is 3.23. The lowest BCUT2D eigenvalue weighted by Crippen LogP contribution is -2.25. The van der Waals surface area contributed by atoms with E-state index in [4.69, 9.17) is 4.74 Å². The van der Waals surface area contributed by atoms with Crippen LogP contribution in [0.1, 0.15) is 22.3 Å². The summed E-state index contributed by atoms with van der Waals surface area (Å²) in [5, 5.41) is 4.34. The van der Waals surface area contributed by atoms with Gasteiger partial charge in [-0.05, 0) is 67.6 Å². The summed E-state index contributed by atoms with van der Waals surface area (Å²) in [6.45, 7) is 0. The first-order chi connectivity index (χ1) is 22.9. The molecule has 46 heavy (non-hydrogen) atoms. The smallest absolute Gasteiger partial charge is 0.143 e. The van der Waals surface area contributed by atoms with Gasteiger partial charge in [0.1, 0.15) is 11.5 Å². The van der Waals surface area contributed by atoms with Gasteiger partial charge in [0, 0.05) is 34.1 Å². The van der Waals surface area contributed by atoms with E-state index in [0.29, 0.717) is 0 Å². The Bertz CT molecular complexity index is 2410. The van der Waals surface area contributed by atoms with Crippen LogP contribution in [0, 0.1) is 0 Å². The van der Waals surface area contributed by atoms with Gasteiger partial charge in [0.05, 0.1) is 5.41 Å². The first-order valence-electron chi connectivity index (χ1n) is 15.8. The van der Waals surface area contributed by atoms with Crippen molar-refractivity contribution in [1.82, 2.24) is 4.98 Å². The number of aromatic nitrogens is 1. The molecular weight excluding hydrogens is 558 g/mol. The largest absolute Gasteiger partial charge is 0.455 e. The Morgan fingerprint density at radius 2 is 0.978 bits per heavy atom. The van der Waals surface area contributed by atoms with E-state index in [1.807, 2.05) is 12.4 Å². The highest BCUT2D eigenvalue weighted by Gasteiger charge is 2.52. The van der Waals surface area contributed by atoms with Crippen LogP contribution in [0.4, 0.5) is 0 Å². The molecule has 2 aliphatic carbocycles. The maximum Gasteiger partial charge on any atom is 0.143 e. The molecule has 0 bridgehead atoms. The molecule has 0 radical (unpaired) electrons. The van der Waals surface area contributed by atoms with E-state index in [9.17, 15) is 0 Å². The topological polar surface area (TPSA) is 22.1 Å². The molecule has 1 aromatic heterocycles. The lowest BCUT2D eigenvalue weighted by Gasteiger charge is -2.30. The summed E-state index contributed by atoms with van der Waals surface area (Å²) in [5.74, 6) is 1.71. The second-order valence-electron chi connectivity index (χ2n) is 12.2. The molecule has 1 spiro atoms. The van der Waals surface area contributed by atoms with Crippen LogP contribution in [0.3, 0.4) is 0 Å². The van der Waals surface area contributed by atoms with Gasteiger partial charge < -0.3 is 4.74 Å². The van der Waals surface area contributed by atoms with Crippen LogP contribution in [0.5, 0.6) is 11.5 Å². The maximum absolute atomic E-state index is 7.25. The molecule has 214 valence electrons. The van der Waals surface area contributed by atoms with Gasteiger partial charge in [-0.25, -0.2) is 0 Å². The number of benzene rings is 7. The van der Waals surface area contributed by atoms with Crippen LogP contribution >= 0.6 is 0 Å². The number of nitrogens with zero attached hydrogens (tertiary/aromatic N) is 1. The van der Waals surface area contributed by atoms with Crippen LogP contribution in [0.2, 0.25) is 0 Å². The first-order valence-corrected chi connectivity index (χ1v) is 15.8. The zero-order valence-electron chi connectivity index (χ0n) is 24.9. The fraction of sp³-hybridized carbons (Fsp3) is 0.0227. The summed E-state index contributed by atoms with van der Waals surface area (Å²) >= 11 is 0. The number of pyridine rings is 1. The molecule has 0 fully saturated rings. The van der Waals surface area contributed by atoms with E-state index in [0.717, 1.165) is 38.6 Å². The zero-order chi connectivity index (χ0) is 30.2. The molecule has 0 unspecified atom stereocenters. The van der Waals surface area contributed by atoms with Crippen molar-refractivity contribution in [1.29, 1.82) is 0 Å². The van der Waals surface area contributed by atoms with Crippen molar-refractivity contribution >= 4 is 21.5 Å². The van der Waals surface area contributed by atoms with Gasteiger partial charge in [-0.2, -0.15) is 0 Å². The average Bonchev–Trinajstić information content (AvgIpc) is 3.60. The lowest BCUT2D eigenvalue weighted by molar-refractivity contribution is 0.495. The lowest BCUT2D eigenvalue weighted by atomic mass is 9.70. The van der Waals surface area contributed by atoms with Gasteiger partial charge in [-0.1, -0.05) is 140 Å². The molecule has 10 rings (SSSR count). The van der Waals surface area contributed by atoms with Gasteiger partial charge in [0.15, 0.2) is 0 Å². The Balaban J connectivity index is 1.27. The van der Waals surface area contributed by atoms with E-state index in [1.165, 1.54) is 50.1 Å². The summed E-state index contributed by atoms with van der Waals surface area (Å²) in [6, 6.07) is 54.6. The van der Waals surface area contributed by atoms with Crippen LogP contribution < -0.4 is 4.74 Å². The molecule has 7 aromatic carbocycles. The monoisotopic (exact) mass is 585 g/mol. The highest BCUT2D eigenvalue weighted by molar-refractivity contribution is 6.17. The number of ether oxygens (including phenoxy) is 1. The predicted molar refractivity (Wildman–Crippen MR) is 187 cm³/mol. The van der Waals surface area contributed by atoms with Crippen LogP contribution in [0.25, 0.3) is 54.9 Å². The maximum atomic E-state index is 7.25. The van der Waals surface area contributed by atoms with Crippen molar-refractivity contribution in [3.05, 3.63) is 186 Å². The molecule has 0 atom stereocenters. The molecule has 2 heteroatoms. The molecule has 0 N–H and O–H groups in total. The van der Waals surface area contributed by atoms with E-state index in [-0.39, 0.29) is 0 Å². The Morgan fingerprint density at radius 1 is 0.413 bits per heavy atom. The van der Waals surface area contributed by atoms with E-state index in [2.05, 4.69) is 157 Å². The summed E-state index contributed by atoms with van der Waals surface area (Å²) in [7, 11) is 0. The molecule has 2 nitrogen and oxygen atoms in total. The normalized spacial score (nSPS) is 13.4. The zero-order valence-corrected chi connectivity index (χ0v) is 24.9. The van der Waals surface area contributed by atoms with E-state index in [1.54, 1.807) is 0 Å². The summed E-state index contributed by atoms with van der Waals surface area (Å²) < 4.78 is 7.25. The fourth-order valence-corrected chi connectivity index (χ4v) is 8.31. The summed E-state index contributed by atoms with van der Waals surface area (Å²) in [6.07, 6.45) is 3.84. The number of hydrogen-bond donors (Lipinski definition) is 0. The SMILES string of the molecule is c1ccc(-c2c3ccccc3c(Oc3cccc4c3-c3ccccc3C43c4ccccc4-c4ccccc43)c3ccncc23)cc1. The number of fused-ring (bicyclic) bond motifs is 12. The molecule has 0 aliphatic heterocycles. The molecule has 0 saturated carbocycles. The quantitative estimate of drug-likeness (QED) is 0.192. The molecule has 1 heterocycles. The second-order valence-corrected chi connectivity index (χ2v) is 12.2. The van der Waals surface area contributed by atoms with Crippen LogP contribution in [-0.2, 0) is 5.41 Å². The van der Waals surface area contributed by atoms with Crippen LogP contribution in [0.15, 0.2) is 164 Å². The Hall–Kier alpha value is -5.99. The van der Waals surface area contributed by atoms with Gasteiger partial charge >= 0.3 is 0 Å². The van der Waals surface area contributed by atoms with Crippen molar-refractivity contribution in [2.45, 2.75) is 5.41 Å². The van der Waals surface area contributed by atoms with Gasteiger partial charge in [0.2, 0.25) is 0 Å².